The Morgan fingerprint density at radius 2 is 2.23 bits per heavy atom. The number of carbonyl (C=O) groups is 2. The molecule has 4 atom stereocenters. The highest BCUT2D eigenvalue weighted by Gasteiger charge is 2.67. The van der Waals surface area contributed by atoms with Gasteiger partial charge in [0.15, 0.2) is 0 Å². The number of nitrogen functional groups attached to an aromatic ring is 1. The van der Waals surface area contributed by atoms with Gasteiger partial charge in [-0.05, 0) is 27.7 Å². The van der Waals surface area contributed by atoms with E-state index in [2.05, 4.69) is 15.5 Å². The fourth-order valence-corrected chi connectivity index (χ4v) is 4.86. The number of rotatable bonds is 4. The minimum absolute atomic E-state index is 0.00929. The van der Waals surface area contributed by atoms with Crippen molar-refractivity contribution >= 4 is 28.3 Å². The molecule has 4 heterocycles. The number of carbonyl (C=O) groups excluding carboxylic acids is 2. The van der Waals surface area contributed by atoms with Crippen molar-refractivity contribution in [2.75, 3.05) is 12.3 Å². The number of nitrogens with one attached hydrogen (secondary N) is 1. The topological polar surface area (TPSA) is 110 Å². The molecule has 2 bridgehead atoms. The monoisotopic (exact) mass is 377 g/mol. The number of fused-ring (bicyclic) bond motifs is 1. The second-order valence-corrected chi connectivity index (χ2v) is 9.03. The Balaban J connectivity index is 1.59. The zero-order valence-corrected chi connectivity index (χ0v) is 16.0. The lowest BCUT2D eigenvalue weighted by Crippen LogP contribution is -2.49. The Morgan fingerprint density at radius 3 is 2.85 bits per heavy atom. The first-order chi connectivity index (χ1) is 12.1. The summed E-state index contributed by atoms with van der Waals surface area (Å²) >= 11 is 1.24. The lowest BCUT2D eigenvalue weighted by Gasteiger charge is -2.29. The first kappa shape index (κ1) is 17.4. The van der Waals surface area contributed by atoms with E-state index in [1.54, 1.807) is 4.90 Å². The summed E-state index contributed by atoms with van der Waals surface area (Å²) < 4.78 is 6.11. The lowest BCUT2D eigenvalue weighted by molar-refractivity contribution is -0.139. The van der Waals surface area contributed by atoms with Crippen molar-refractivity contribution < 1.29 is 14.3 Å². The van der Waals surface area contributed by atoms with Crippen LogP contribution in [0.5, 0.6) is 0 Å². The third-order valence-electron chi connectivity index (χ3n) is 5.47. The van der Waals surface area contributed by atoms with Gasteiger partial charge in [0, 0.05) is 6.04 Å². The van der Waals surface area contributed by atoms with Crippen LogP contribution in [0, 0.1) is 11.8 Å². The third-order valence-corrected chi connectivity index (χ3v) is 6.54. The molecule has 26 heavy (non-hydrogen) atoms. The van der Waals surface area contributed by atoms with Crippen LogP contribution in [-0.4, -0.2) is 51.2 Å². The van der Waals surface area contributed by atoms with E-state index >= 15 is 0 Å². The van der Waals surface area contributed by atoms with Crippen LogP contribution in [-0.2, 0) is 19.9 Å². The average Bonchev–Trinajstić information content (AvgIpc) is 3.27. The highest BCUT2D eigenvalue weighted by molar-refractivity contribution is 7.15. The number of ether oxygens (including phenoxy) is 1. The molecule has 1 aromatic rings. The van der Waals surface area contributed by atoms with Gasteiger partial charge in [0.25, 0.3) is 0 Å². The molecular weight excluding hydrogens is 354 g/mol. The van der Waals surface area contributed by atoms with Crippen LogP contribution in [0.15, 0.2) is 12.2 Å². The first-order valence-corrected chi connectivity index (χ1v) is 9.55. The molecule has 2 saturated heterocycles. The maximum atomic E-state index is 13.1. The van der Waals surface area contributed by atoms with E-state index in [0.717, 1.165) is 0 Å². The number of amides is 2. The molecule has 3 N–H and O–H groups in total. The van der Waals surface area contributed by atoms with Crippen LogP contribution in [0.1, 0.15) is 32.7 Å². The van der Waals surface area contributed by atoms with Gasteiger partial charge in [-0.3, -0.25) is 9.59 Å². The van der Waals surface area contributed by atoms with Crippen molar-refractivity contribution in [3.05, 3.63) is 17.2 Å². The predicted octanol–water partition coefficient (Wildman–Crippen LogP) is 0.662. The van der Waals surface area contributed by atoms with E-state index in [1.807, 2.05) is 39.8 Å². The van der Waals surface area contributed by atoms with Crippen LogP contribution >= 0.6 is 11.3 Å². The molecule has 2 amide bonds. The van der Waals surface area contributed by atoms with Gasteiger partial charge in [-0.15, -0.1) is 10.2 Å². The van der Waals surface area contributed by atoms with Crippen molar-refractivity contribution in [3.8, 4) is 0 Å². The number of aromatic nitrogens is 2. The van der Waals surface area contributed by atoms with Crippen molar-refractivity contribution in [2.24, 2.45) is 11.8 Å². The number of likely N-dealkylation sites (tertiary alicyclic amines) is 1. The van der Waals surface area contributed by atoms with Crippen molar-refractivity contribution in [2.45, 2.75) is 51.0 Å². The fourth-order valence-electron chi connectivity index (χ4n) is 4.20. The molecule has 0 unspecified atom stereocenters. The second-order valence-electron chi connectivity index (χ2n) is 8.02. The molecule has 140 valence electrons. The molecule has 8 nitrogen and oxygen atoms in total. The summed E-state index contributed by atoms with van der Waals surface area (Å²) in [5, 5.41) is 11.8. The zero-order valence-electron chi connectivity index (χ0n) is 15.2. The minimum Gasteiger partial charge on any atom is -0.374 e. The molecule has 4 rings (SSSR count). The highest BCUT2D eigenvalue weighted by atomic mass is 32.1. The van der Waals surface area contributed by atoms with Gasteiger partial charge in [0.05, 0.1) is 30.0 Å². The fraction of sp³-hybridized carbons (Fsp3) is 0.647. The van der Waals surface area contributed by atoms with E-state index < -0.39 is 23.0 Å². The molecule has 3 aliphatic rings. The number of nitrogens with zero attached hydrogens (tertiary/aromatic N) is 3. The summed E-state index contributed by atoms with van der Waals surface area (Å²) in [4.78, 5) is 27.9. The summed E-state index contributed by atoms with van der Waals surface area (Å²) in [6.45, 7) is 8.15. The van der Waals surface area contributed by atoms with Crippen molar-refractivity contribution in [1.82, 2.24) is 20.4 Å². The Bertz CT molecular complexity index is 804. The number of anilines is 1. The van der Waals surface area contributed by atoms with Gasteiger partial charge in [0.1, 0.15) is 10.6 Å². The van der Waals surface area contributed by atoms with Crippen LogP contribution < -0.4 is 11.1 Å². The van der Waals surface area contributed by atoms with E-state index in [0.29, 0.717) is 16.7 Å². The van der Waals surface area contributed by atoms with E-state index in [-0.39, 0.29) is 24.0 Å². The van der Waals surface area contributed by atoms with Crippen molar-refractivity contribution in [1.29, 1.82) is 0 Å². The van der Waals surface area contributed by atoms with Crippen LogP contribution in [0.25, 0.3) is 0 Å². The summed E-state index contributed by atoms with van der Waals surface area (Å²) in [6.07, 6.45) is 3.50. The van der Waals surface area contributed by atoms with Gasteiger partial charge in [-0.25, -0.2) is 0 Å². The maximum Gasteiger partial charge on any atom is 0.230 e. The summed E-state index contributed by atoms with van der Waals surface area (Å²) in [7, 11) is 0. The summed E-state index contributed by atoms with van der Waals surface area (Å²) in [6, 6.07) is 0.0723. The minimum atomic E-state index is -0.732. The molecular formula is C17H23N5O3S. The lowest BCUT2D eigenvalue weighted by atomic mass is 9.76. The smallest absolute Gasteiger partial charge is 0.230 e. The second kappa shape index (κ2) is 5.50. The van der Waals surface area contributed by atoms with E-state index in [4.69, 9.17) is 10.5 Å². The largest absolute Gasteiger partial charge is 0.374 e. The quantitative estimate of drug-likeness (QED) is 0.746. The van der Waals surface area contributed by atoms with E-state index in [1.165, 1.54) is 11.3 Å². The van der Waals surface area contributed by atoms with Crippen LogP contribution in [0.4, 0.5) is 5.13 Å². The van der Waals surface area contributed by atoms with Gasteiger partial charge >= 0.3 is 0 Å². The average molecular weight is 377 g/mol. The van der Waals surface area contributed by atoms with Crippen molar-refractivity contribution in [3.63, 3.8) is 0 Å². The third kappa shape index (κ3) is 2.37. The van der Waals surface area contributed by atoms with Gasteiger partial charge < -0.3 is 20.7 Å². The molecule has 0 radical (unpaired) electrons. The molecule has 3 aliphatic heterocycles. The number of hydrogen-bond acceptors (Lipinski definition) is 7. The summed E-state index contributed by atoms with van der Waals surface area (Å²) in [5.41, 5.74) is 4.25. The van der Waals surface area contributed by atoms with Gasteiger partial charge in [0.2, 0.25) is 16.9 Å². The standard InChI is InChI=1S/C17H23N5O3S/c1-8(2)22-7-17-6-5-9(25-17)10(11(17)13(22)24)12(23)19-16(3,4)14-20-21-15(18)26-14/h5-6,8-11H,7H2,1-4H3,(H2,18,21)(H,19,23)/t9-,10-,11+,17-/m0/s1. The Morgan fingerprint density at radius 1 is 1.50 bits per heavy atom. The zero-order chi connectivity index (χ0) is 18.9. The number of nitrogens with two attached hydrogens (primary N) is 1. The molecule has 1 spiro atoms. The van der Waals surface area contributed by atoms with E-state index in [9.17, 15) is 9.59 Å². The molecule has 2 fully saturated rings. The first-order valence-electron chi connectivity index (χ1n) is 8.74. The maximum absolute atomic E-state index is 13.1. The SMILES string of the molecule is CC(C)N1C[C@]23C=C[C@H](O2)[C@H](C(=O)NC(C)(C)c2nnc(N)s2)[C@@H]3C1=O. The van der Waals surface area contributed by atoms with Crippen LogP contribution in [0.3, 0.4) is 0 Å². The molecule has 0 aromatic carbocycles. The Hall–Kier alpha value is -2.00. The van der Waals surface area contributed by atoms with Crippen LogP contribution in [0.2, 0.25) is 0 Å². The molecule has 0 saturated carbocycles. The molecule has 1 aromatic heterocycles. The summed E-state index contributed by atoms with van der Waals surface area (Å²) in [5.74, 6) is -1.23. The molecule has 0 aliphatic carbocycles. The normalized spacial score (nSPS) is 32.6. The molecule has 9 heteroatoms. The van der Waals surface area contributed by atoms with Gasteiger partial charge in [-0.1, -0.05) is 23.5 Å². The predicted molar refractivity (Wildman–Crippen MR) is 96.1 cm³/mol. The van der Waals surface area contributed by atoms with Gasteiger partial charge in [-0.2, -0.15) is 0 Å². The Kier molecular flexibility index (Phi) is 3.68. The highest BCUT2D eigenvalue weighted by Crippen LogP contribution is 2.52. The Labute approximate surface area is 155 Å². The number of hydrogen-bond donors (Lipinski definition) is 2.